The van der Waals surface area contributed by atoms with Gasteiger partial charge >= 0.3 is 11.9 Å². The average molecular weight is 251 g/mol. The Morgan fingerprint density at radius 3 is 2.33 bits per heavy atom. The summed E-state index contributed by atoms with van der Waals surface area (Å²) in [5.74, 6) is -1.13. The number of rotatable bonds is 4. The lowest BCUT2D eigenvalue weighted by Gasteiger charge is -2.22. The van der Waals surface area contributed by atoms with E-state index in [9.17, 15) is 9.59 Å². The van der Waals surface area contributed by atoms with Crippen molar-refractivity contribution in [2.24, 2.45) is 0 Å². The Morgan fingerprint density at radius 1 is 1.22 bits per heavy atom. The van der Waals surface area contributed by atoms with Gasteiger partial charge in [-0.3, -0.25) is 4.79 Å². The lowest BCUT2D eigenvalue weighted by atomic mass is 10.1. The predicted molar refractivity (Wildman–Crippen MR) is 67.3 cm³/mol. The second kappa shape index (κ2) is 6.05. The number of nitrogens with zero attached hydrogens (tertiary/aromatic N) is 1. The molecule has 0 amide bonds. The van der Waals surface area contributed by atoms with Crippen molar-refractivity contribution >= 4 is 17.6 Å². The zero-order valence-electron chi connectivity index (χ0n) is 11.0. The molecular weight excluding hydrogens is 234 g/mol. The molecule has 1 unspecified atom stereocenters. The molecule has 0 aliphatic rings. The van der Waals surface area contributed by atoms with Crippen molar-refractivity contribution in [1.29, 1.82) is 0 Å². The Bertz CT molecular complexity index is 442. The Balaban J connectivity index is 3.20. The number of carbonyl (C=O) groups excluding carboxylic acids is 2. The SMILES string of the molecule is COC(=O)C(OC(C)=O)c1ccccc1N(C)C. The van der Waals surface area contributed by atoms with Crippen LogP contribution < -0.4 is 4.90 Å². The molecule has 0 N–H and O–H groups in total. The summed E-state index contributed by atoms with van der Waals surface area (Å²) in [6.45, 7) is 1.26. The number of carbonyl (C=O) groups is 2. The number of para-hydroxylation sites is 1. The van der Waals surface area contributed by atoms with Gasteiger partial charge in [0.1, 0.15) is 0 Å². The first-order chi connectivity index (χ1) is 8.47. The standard InChI is InChI=1S/C13H17NO4/c1-9(15)18-12(13(16)17-4)10-7-5-6-8-11(10)14(2)3/h5-8,12H,1-4H3. The van der Waals surface area contributed by atoms with Gasteiger partial charge in [-0.05, 0) is 6.07 Å². The van der Waals surface area contributed by atoms with E-state index in [0.717, 1.165) is 5.69 Å². The zero-order valence-corrected chi connectivity index (χ0v) is 11.0. The number of hydrogen-bond acceptors (Lipinski definition) is 5. The van der Waals surface area contributed by atoms with E-state index in [1.54, 1.807) is 12.1 Å². The minimum Gasteiger partial charge on any atom is -0.466 e. The molecule has 1 atom stereocenters. The van der Waals surface area contributed by atoms with Crippen molar-refractivity contribution in [1.82, 2.24) is 0 Å². The normalized spacial score (nSPS) is 11.6. The molecule has 1 aromatic rings. The summed E-state index contributed by atoms with van der Waals surface area (Å²) in [6.07, 6.45) is -1.04. The van der Waals surface area contributed by atoms with Gasteiger partial charge in [0.15, 0.2) is 0 Å². The van der Waals surface area contributed by atoms with E-state index in [0.29, 0.717) is 5.56 Å². The topological polar surface area (TPSA) is 55.8 Å². The van der Waals surface area contributed by atoms with Crippen LogP contribution in [0.25, 0.3) is 0 Å². The van der Waals surface area contributed by atoms with Crippen molar-refractivity contribution in [3.8, 4) is 0 Å². The van der Waals surface area contributed by atoms with E-state index in [1.165, 1.54) is 14.0 Å². The number of esters is 2. The summed E-state index contributed by atoms with van der Waals surface area (Å²) >= 11 is 0. The minimum atomic E-state index is -1.04. The van der Waals surface area contributed by atoms with E-state index >= 15 is 0 Å². The van der Waals surface area contributed by atoms with Crippen LogP contribution in [0.2, 0.25) is 0 Å². The van der Waals surface area contributed by atoms with Gasteiger partial charge < -0.3 is 14.4 Å². The second-order valence-electron chi connectivity index (χ2n) is 3.97. The quantitative estimate of drug-likeness (QED) is 0.759. The molecule has 0 heterocycles. The van der Waals surface area contributed by atoms with Crippen LogP contribution in [0.1, 0.15) is 18.6 Å². The van der Waals surface area contributed by atoms with Crippen LogP contribution in [0.5, 0.6) is 0 Å². The van der Waals surface area contributed by atoms with Crippen molar-refractivity contribution in [2.45, 2.75) is 13.0 Å². The maximum atomic E-state index is 11.7. The molecule has 1 rings (SSSR count). The van der Waals surface area contributed by atoms with Crippen LogP contribution in [-0.2, 0) is 19.1 Å². The molecule has 0 aromatic heterocycles. The molecular formula is C13H17NO4. The summed E-state index contributed by atoms with van der Waals surface area (Å²) in [5.41, 5.74) is 1.40. The van der Waals surface area contributed by atoms with Crippen LogP contribution in [0.15, 0.2) is 24.3 Å². The maximum absolute atomic E-state index is 11.7. The van der Waals surface area contributed by atoms with Gasteiger partial charge in [0.2, 0.25) is 6.10 Å². The third kappa shape index (κ3) is 3.23. The number of benzene rings is 1. The Morgan fingerprint density at radius 2 is 1.83 bits per heavy atom. The monoisotopic (exact) mass is 251 g/mol. The summed E-state index contributed by atoms with van der Waals surface area (Å²) in [6, 6.07) is 7.21. The second-order valence-corrected chi connectivity index (χ2v) is 3.97. The van der Waals surface area contributed by atoms with Gasteiger partial charge in [-0.2, -0.15) is 0 Å². The van der Waals surface area contributed by atoms with Gasteiger partial charge in [0.25, 0.3) is 0 Å². The number of ether oxygens (including phenoxy) is 2. The molecule has 1 aromatic carbocycles. The number of methoxy groups -OCH3 is 1. The van der Waals surface area contributed by atoms with Gasteiger partial charge in [0.05, 0.1) is 7.11 Å². The van der Waals surface area contributed by atoms with Crippen molar-refractivity contribution < 1.29 is 19.1 Å². The fraction of sp³-hybridized carbons (Fsp3) is 0.385. The van der Waals surface area contributed by atoms with E-state index in [1.807, 2.05) is 31.1 Å². The van der Waals surface area contributed by atoms with Gasteiger partial charge in [-0.1, -0.05) is 18.2 Å². The Hall–Kier alpha value is -2.04. The highest BCUT2D eigenvalue weighted by Crippen LogP contribution is 2.28. The van der Waals surface area contributed by atoms with Crippen molar-refractivity contribution in [3.63, 3.8) is 0 Å². The smallest absolute Gasteiger partial charge is 0.352 e. The summed E-state index contributed by atoms with van der Waals surface area (Å²) in [5, 5.41) is 0. The molecule has 98 valence electrons. The van der Waals surface area contributed by atoms with E-state index in [-0.39, 0.29) is 0 Å². The molecule has 0 saturated carbocycles. The van der Waals surface area contributed by atoms with E-state index < -0.39 is 18.0 Å². The fourth-order valence-corrected chi connectivity index (χ4v) is 1.63. The summed E-state index contributed by atoms with van der Waals surface area (Å²) < 4.78 is 9.71. The lowest BCUT2D eigenvalue weighted by molar-refractivity contribution is -0.165. The van der Waals surface area contributed by atoms with Gasteiger partial charge in [-0.15, -0.1) is 0 Å². The molecule has 0 aliphatic carbocycles. The zero-order chi connectivity index (χ0) is 13.7. The fourth-order valence-electron chi connectivity index (χ4n) is 1.63. The van der Waals surface area contributed by atoms with Gasteiger partial charge in [0, 0.05) is 32.3 Å². The Labute approximate surface area is 106 Å². The third-order valence-electron chi connectivity index (χ3n) is 2.40. The molecule has 18 heavy (non-hydrogen) atoms. The Kier molecular flexibility index (Phi) is 4.71. The van der Waals surface area contributed by atoms with Crippen molar-refractivity contribution in [3.05, 3.63) is 29.8 Å². The van der Waals surface area contributed by atoms with E-state index in [2.05, 4.69) is 4.74 Å². The number of hydrogen-bond donors (Lipinski definition) is 0. The molecule has 0 spiro atoms. The molecule has 0 radical (unpaired) electrons. The third-order valence-corrected chi connectivity index (χ3v) is 2.40. The maximum Gasteiger partial charge on any atom is 0.352 e. The van der Waals surface area contributed by atoms with Crippen molar-refractivity contribution in [2.75, 3.05) is 26.1 Å². The van der Waals surface area contributed by atoms with Gasteiger partial charge in [-0.25, -0.2) is 4.79 Å². The largest absolute Gasteiger partial charge is 0.466 e. The number of anilines is 1. The molecule has 5 heteroatoms. The summed E-state index contributed by atoms with van der Waals surface area (Å²) in [4.78, 5) is 24.6. The molecule has 0 fully saturated rings. The van der Waals surface area contributed by atoms with E-state index in [4.69, 9.17) is 4.74 Å². The first-order valence-electron chi connectivity index (χ1n) is 5.48. The highest BCUT2D eigenvalue weighted by Gasteiger charge is 2.27. The lowest BCUT2D eigenvalue weighted by Crippen LogP contribution is -2.22. The van der Waals surface area contributed by atoms with Crippen LogP contribution >= 0.6 is 0 Å². The highest BCUT2D eigenvalue weighted by molar-refractivity contribution is 5.82. The van der Waals surface area contributed by atoms with Crippen LogP contribution in [0.4, 0.5) is 5.69 Å². The van der Waals surface area contributed by atoms with Crippen LogP contribution in [0.3, 0.4) is 0 Å². The van der Waals surface area contributed by atoms with Crippen LogP contribution in [0, 0.1) is 0 Å². The molecule has 0 aliphatic heterocycles. The molecule has 5 nitrogen and oxygen atoms in total. The van der Waals surface area contributed by atoms with Crippen LogP contribution in [-0.4, -0.2) is 33.1 Å². The highest BCUT2D eigenvalue weighted by atomic mass is 16.6. The minimum absolute atomic E-state index is 0.529. The summed E-state index contributed by atoms with van der Waals surface area (Å²) in [7, 11) is 4.96. The average Bonchev–Trinajstić information content (AvgIpc) is 2.34. The predicted octanol–water partition coefficient (Wildman–Crippen LogP) is 1.53. The first-order valence-corrected chi connectivity index (χ1v) is 5.48. The molecule has 0 bridgehead atoms. The first kappa shape index (κ1) is 14.0. The molecule has 0 saturated heterocycles.